The molecule has 0 aliphatic carbocycles. The molecule has 0 unspecified atom stereocenters. The van der Waals surface area contributed by atoms with Crippen molar-refractivity contribution in [3.8, 4) is 0 Å². The van der Waals surface area contributed by atoms with Crippen molar-refractivity contribution >= 4 is 23.1 Å². The molecule has 0 amide bonds. The number of azo groups is 1. The van der Waals surface area contributed by atoms with Crippen LogP contribution in [0.15, 0.2) is 58.8 Å². The van der Waals surface area contributed by atoms with Gasteiger partial charge in [0.25, 0.3) is 0 Å². The number of hydrogen-bond donors (Lipinski definition) is 0. The molecule has 122 valence electrons. The molecule has 0 bridgehead atoms. The molecule has 0 N–H and O–H groups in total. The molecule has 2 heterocycles. The van der Waals surface area contributed by atoms with Crippen LogP contribution >= 0.6 is 0 Å². The Morgan fingerprint density at radius 3 is 2.67 bits per heavy atom. The van der Waals surface area contributed by atoms with E-state index in [0.717, 1.165) is 17.0 Å². The number of carbonyl (C=O) groups is 1. The minimum Gasteiger partial charge on any atom is -0.466 e. The number of esters is 1. The van der Waals surface area contributed by atoms with Crippen molar-refractivity contribution in [2.24, 2.45) is 10.2 Å². The second-order valence-corrected chi connectivity index (χ2v) is 5.26. The fourth-order valence-electron chi connectivity index (χ4n) is 2.45. The number of carbonyl (C=O) groups excluding carboxylic acids is 1. The van der Waals surface area contributed by atoms with E-state index in [2.05, 4.69) is 15.2 Å². The van der Waals surface area contributed by atoms with E-state index in [1.54, 1.807) is 6.92 Å². The first-order chi connectivity index (χ1) is 11.7. The van der Waals surface area contributed by atoms with Gasteiger partial charge < -0.3 is 4.74 Å². The topological polar surface area (TPSA) is 68.3 Å². The van der Waals surface area contributed by atoms with Gasteiger partial charge in [0.05, 0.1) is 24.4 Å². The number of benzene rings is 1. The van der Waals surface area contributed by atoms with Gasteiger partial charge in [-0.05, 0) is 38.1 Å². The van der Waals surface area contributed by atoms with E-state index in [1.165, 1.54) is 0 Å². The summed E-state index contributed by atoms with van der Waals surface area (Å²) < 4.78 is 6.92. The normalized spacial score (nSPS) is 11.2. The number of imidazole rings is 1. The summed E-state index contributed by atoms with van der Waals surface area (Å²) in [5.74, 6) is 0.231. The van der Waals surface area contributed by atoms with Crippen LogP contribution in [-0.4, -0.2) is 22.0 Å². The molecule has 0 aliphatic rings. The molecule has 0 radical (unpaired) electrons. The first-order valence-corrected chi connectivity index (χ1v) is 7.78. The van der Waals surface area contributed by atoms with Gasteiger partial charge in [0, 0.05) is 5.69 Å². The Labute approximate surface area is 139 Å². The summed E-state index contributed by atoms with van der Waals surface area (Å²) in [7, 11) is 0. The van der Waals surface area contributed by atoms with E-state index < -0.39 is 0 Å². The van der Waals surface area contributed by atoms with Crippen LogP contribution in [0.5, 0.6) is 0 Å². The Morgan fingerprint density at radius 2 is 1.92 bits per heavy atom. The van der Waals surface area contributed by atoms with Crippen molar-refractivity contribution in [3.05, 3.63) is 59.9 Å². The van der Waals surface area contributed by atoms with Gasteiger partial charge in [-0.25, -0.2) is 4.98 Å². The predicted octanol–water partition coefficient (Wildman–Crippen LogP) is 4.16. The Kier molecular flexibility index (Phi) is 4.65. The Balaban J connectivity index is 2.05. The molecular weight excluding hydrogens is 304 g/mol. The highest BCUT2D eigenvalue weighted by Gasteiger charge is 2.17. The number of rotatable bonds is 5. The zero-order chi connectivity index (χ0) is 16.9. The third kappa shape index (κ3) is 3.32. The predicted molar refractivity (Wildman–Crippen MR) is 90.9 cm³/mol. The third-order valence-corrected chi connectivity index (χ3v) is 3.52. The van der Waals surface area contributed by atoms with E-state index in [1.807, 2.05) is 59.9 Å². The molecule has 0 saturated heterocycles. The van der Waals surface area contributed by atoms with Crippen molar-refractivity contribution < 1.29 is 9.53 Å². The smallest absolute Gasteiger partial charge is 0.312 e. The summed E-state index contributed by atoms with van der Waals surface area (Å²) in [6.45, 7) is 4.08. The van der Waals surface area contributed by atoms with Crippen molar-refractivity contribution in [1.82, 2.24) is 9.38 Å². The Morgan fingerprint density at radius 1 is 1.12 bits per heavy atom. The molecular formula is C18H18N4O2. The van der Waals surface area contributed by atoms with Gasteiger partial charge in [0.2, 0.25) is 0 Å². The minimum absolute atomic E-state index is 0.0676. The molecule has 24 heavy (non-hydrogen) atoms. The molecule has 0 aliphatic heterocycles. The number of pyridine rings is 1. The maximum atomic E-state index is 11.9. The van der Waals surface area contributed by atoms with Crippen LogP contribution in [0.25, 0.3) is 5.65 Å². The fraction of sp³-hybridized carbons (Fsp3) is 0.222. The first kappa shape index (κ1) is 15.9. The molecule has 3 rings (SSSR count). The highest BCUT2D eigenvalue weighted by Crippen LogP contribution is 2.26. The quantitative estimate of drug-likeness (QED) is 0.523. The largest absolute Gasteiger partial charge is 0.466 e. The van der Waals surface area contributed by atoms with Crippen LogP contribution < -0.4 is 0 Å². The Bertz CT molecular complexity index is 885. The Hall–Kier alpha value is -3.02. The zero-order valence-electron chi connectivity index (χ0n) is 13.6. The average molecular weight is 322 g/mol. The number of ether oxygens (including phenoxy) is 1. The number of hydrogen-bond acceptors (Lipinski definition) is 5. The van der Waals surface area contributed by atoms with Crippen LogP contribution in [0.1, 0.15) is 18.3 Å². The van der Waals surface area contributed by atoms with E-state index in [0.29, 0.717) is 18.1 Å². The number of aromatic nitrogens is 2. The summed E-state index contributed by atoms with van der Waals surface area (Å²) >= 11 is 0. The second kappa shape index (κ2) is 7.04. The molecule has 0 fully saturated rings. The van der Waals surface area contributed by atoms with Crippen molar-refractivity contribution in [3.63, 3.8) is 0 Å². The molecule has 0 spiro atoms. The van der Waals surface area contributed by atoms with Crippen LogP contribution in [0.3, 0.4) is 0 Å². The lowest BCUT2D eigenvalue weighted by Crippen LogP contribution is -2.07. The van der Waals surface area contributed by atoms with Gasteiger partial charge in [-0.2, -0.15) is 0 Å². The standard InChI is InChI=1S/C18H18N4O2/c1-3-24-17(23)12-15-18(21-20-14-9-5-4-6-10-14)22-13(2)8-7-11-16(22)19-15/h4-11H,3,12H2,1-2H3. The van der Waals surface area contributed by atoms with Crippen LogP contribution in [0.2, 0.25) is 0 Å². The minimum atomic E-state index is -0.324. The molecule has 6 nitrogen and oxygen atoms in total. The van der Waals surface area contributed by atoms with Crippen molar-refractivity contribution in [2.75, 3.05) is 6.61 Å². The van der Waals surface area contributed by atoms with Crippen molar-refractivity contribution in [2.45, 2.75) is 20.3 Å². The van der Waals surface area contributed by atoms with Gasteiger partial charge in [-0.1, -0.05) is 24.3 Å². The maximum absolute atomic E-state index is 11.9. The van der Waals surface area contributed by atoms with Gasteiger partial charge >= 0.3 is 5.97 Å². The summed E-state index contributed by atoms with van der Waals surface area (Å²) in [6.07, 6.45) is 0.0676. The third-order valence-electron chi connectivity index (χ3n) is 3.52. The highest BCUT2D eigenvalue weighted by atomic mass is 16.5. The lowest BCUT2D eigenvalue weighted by molar-refractivity contribution is -0.142. The van der Waals surface area contributed by atoms with Gasteiger partial charge in [0.15, 0.2) is 5.82 Å². The molecule has 0 atom stereocenters. The van der Waals surface area contributed by atoms with Crippen molar-refractivity contribution in [1.29, 1.82) is 0 Å². The maximum Gasteiger partial charge on any atom is 0.312 e. The number of nitrogens with zero attached hydrogens (tertiary/aromatic N) is 4. The van der Waals surface area contributed by atoms with E-state index in [4.69, 9.17) is 4.74 Å². The van der Waals surface area contributed by atoms with Crippen LogP contribution in [0, 0.1) is 6.92 Å². The van der Waals surface area contributed by atoms with Gasteiger partial charge in [-0.3, -0.25) is 9.20 Å². The lowest BCUT2D eigenvalue weighted by Gasteiger charge is -2.02. The number of fused-ring (bicyclic) bond motifs is 1. The average Bonchev–Trinajstić information content (AvgIpc) is 2.92. The summed E-state index contributed by atoms with van der Waals surface area (Å²) in [5.41, 5.74) is 3.00. The monoisotopic (exact) mass is 322 g/mol. The highest BCUT2D eigenvalue weighted by molar-refractivity contribution is 5.74. The molecule has 2 aromatic heterocycles. The SMILES string of the molecule is CCOC(=O)Cc1nc2cccc(C)n2c1N=Nc1ccccc1. The fourth-order valence-corrected chi connectivity index (χ4v) is 2.45. The zero-order valence-corrected chi connectivity index (χ0v) is 13.6. The second-order valence-electron chi connectivity index (χ2n) is 5.26. The lowest BCUT2D eigenvalue weighted by atomic mass is 10.3. The van der Waals surface area contributed by atoms with E-state index in [-0.39, 0.29) is 12.4 Å². The van der Waals surface area contributed by atoms with E-state index >= 15 is 0 Å². The van der Waals surface area contributed by atoms with Gasteiger partial charge in [0.1, 0.15) is 5.65 Å². The molecule has 6 heteroatoms. The van der Waals surface area contributed by atoms with E-state index in [9.17, 15) is 4.79 Å². The van der Waals surface area contributed by atoms with Gasteiger partial charge in [-0.15, -0.1) is 10.2 Å². The summed E-state index contributed by atoms with van der Waals surface area (Å²) in [5, 5.41) is 8.62. The molecule has 1 aromatic carbocycles. The van der Waals surface area contributed by atoms with Crippen LogP contribution in [0.4, 0.5) is 11.5 Å². The molecule has 3 aromatic rings. The number of aryl methyl sites for hydroxylation is 1. The summed E-state index contributed by atoms with van der Waals surface area (Å²) in [6, 6.07) is 15.2. The molecule has 0 saturated carbocycles. The first-order valence-electron chi connectivity index (χ1n) is 7.78. The van der Waals surface area contributed by atoms with Crippen LogP contribution in [-0.2, 0) is 16.0 Å². The summed E-state index contributed by atoms with van der Waals surface area (Å²) in [4.78, 5) is 16.4.